The first kappa shape index (κ1) is 12.1. The van der Waals surface area contributed by atoms with Gasteiger partial charge in [-0.15, -0.1) is 0 Å². The zero-order valence-electron chi connectivity index (χ0n) is 10.4. The molecule has 3 nitrogen and oxygen atoms in total. The summed E-state index contributed by atoms with van der Waals surface area (Å²) in [5.74, 6) is 1.22. The average Bonchev–Trinajstić information content (AvgIpc) is 2.39. The largest absolute Gasteiger partial charge is 0.496 e. The molecule has 2 rings (SSSR count). The standard InChI is InChI=1S/C14H18O3/c1-10(15)13-9-12(3-4-14(13)16-2)11-5-7-17-8-6-11/h3-4,9,11H,5-8H2,1-2H3. The van der Waals surface area contributed by atoms with Gasteiger partial charge in [0.2, 0.25) is 0 Å². The maximum Gasteiger partial charge on any atom is 0.163 e. The molecule has 0 aliphatic carbocycles. The van der Waals surface area contributed by atoms with Gasteiger partial charge in [-0.2, -0.15) is 0 Å². The van der Waals surface area contributed by atoms with Crippen LogP contribution < -0.4 is 4.74 Å². The number of carbonyl (C=O) groups excluding carboxylic acids is 1. The molecular weight excluding hydrogens is 216 g/mol. The van der Waals surface area contributed by atoms with Crippen LogP contribution >= 0.6 is 0 Å². The van der Waals surface area contributed by atoms with E-state index in [2.05, 4.69) is 6.07 Å². The Hall–Kier alpha value is -1.35. The summed E-state index contributed by atoms with van der Waals surface area (Å²) in [5, 5.41) is 0. The Morgan fingerprint density at radius 1 is 1.35 bits per heavy atom. The van der Waals surface area contributed by atoms with Crippen LogP contribution in [0.25, 0.3) is 0 Å². The molecule has 0 N–H and O–H groups in total. The number of methoxy groups -OCH3 is 1. The highest BCUT2D eigenvalue weighted by molar-refractivity contribution is 5.97. The fraction of sp³-hybridized carbons (Fsp3) is 0.500. The molecule has 0 atom stereocenters. The molecule has 0 spiro atoms. The second-order valence-electron chi connectivity index (χ2n) is 4.40. The molecule has 0 aromatic heterocycles. The first-order valence-electron chi connectivity index (χ1n) is 5.99. The Kier molecular flexibility index (Phi) is 3.79. The zero-order chi connectivity index (χ0) is 12.3. The van der Waals surface area contributed by atoms with E-state index in [-0.39, 0.29) is 5.78 Å². The first-order valence-corrected chi connectivity index (χ1v) is 5.99. The number of ketones is 1. The van der Waals surface area contributed by atoms with Crippen molar-refractivity contribution in [3.63, 3.8) is 0 Å². The van der Waals surface area contributed by atoms with Crippen molar-refractivity contribution in [1.82, 2.24) is 0 Å². The van der Waals surface area contributed by atoms with E-state index < -0.39 is 0 Å². The van der Waals surface area contributed by atoms with E-state index in [4.69, 9.17) is 9.47 Å². The molecule has 0 bridgehead atoms. The van der Waals surface area contributed by atoms with Crippen LogP contribution in [-0.2, 0) is 4.74 Å². The third kappa shape index (κ3) is 2.67. The van der Waals surface area contributed by atoms with Gasteiger partial charge >= 0.3 is 0 Å². The molecule has 1 aliphatic heterocycles. The third-order valence-corrected chi connectivity index (χ3v) is 3.30. The summed E-state index contributed by atoms with van der Waals surface area (Å²) in [7, 11) is 1.59. The summed E-state index contributed by atoms with van der Waals surface area (Å²) in [6.45, 7) is 3.20. The van der Waals surface area contributed by atoms with Gasteiger partial charge in [-0.05, 0) is 43.4 Å². The maximum absolute atomic E-state index is 11.6. The number of carbonyl (C=O) groups is 1. The second kappa shape index (κ2) is 5.32. The first-order chi connectivity index (χ1) is 8.22. The van der Waals surface area contributed by atoms with Gasteiger partial charge in [0.15, 0.2) is 5.78 Å². The highest BCUT2D eigenvalue weighted by Crippen LogP contribution is 2.30. The lowest BCUT2D eigenvalue weighted by atomic mass is 9.90. The van der Waals surface area contributed by atoms with Gasteiger partial charge in [0.1, 0.15) is 5.75 Å². The van der Waals surface area contributed by atoms with Crippen molar-refractivity contribution >= 4 is 5.78 Å². The smallest absolute Gasteiger partial charge is 0.163 e. The molecule has 0 radical (unpaired) electrons. The van der Waals surface area contributed by atoms with Crippen LogP contribution in [0.4, 0.5) is 0 Å². The summed E-state index contributed by atoms with van der Waals surface area (Å²) in [4.78, 5) is 11.6. The molecule has 92 valence electrons. The van der Waals surface area contributed by atoms with Crippen molar-refractivity contribution in [1.29, 1.82) is 0 Å². The van der Waals surface area contributed by atoms with Gasteiger partial charge in [-0.1, -0.05) is 6.07 Å². The maximum atomic E-state index is 11.6. The summed E-state index contributed by atoms with van der Waals surface area (Å²) in [6, 6.07) is 5.92. The van der Waals surface area contributed by atoms with Gasteiger partial charge in [0.05, 0.1) is 12.7 Å². The van der Waals surface area contributed by atoms with Gasteiger partial charge in [-0.25, -0.2) is 0 Å². The molecule has 3 heteroatoms. The summed E-state index contributed by atoms with van der Waals surface area (Å²) < 4.78 is 10.6. The lowest BCUT2D eigenvalue weighted by Crippen LogP contribution is -2.14. The quantitative estimate of drug-likeness (QED) is 0.754. The van der Waals surface area contributed by atoms with Gasteiger partial charge < -0.3 is 9.47 Å². The minimum absolute atomic E-state index is 0.0516. The molecule has 1 aromatic rings. The molecule has 1 heterocycles. The van der Waals surface area contributed by atoms with Gasteiger partial charge in [-0.3, -0.25) is 4.79 Å². The highest BCUT2D eigenvalue weighted by atomic mass is 16.5. The van der Waals surface area contributed by atoms with Crippen LogP contribution in [0.15, 0.2) is 18.2 Å². The normalized spacial score (nSPS) is 16.8. The van der Waals surface area contributed by atoms with Crippen LogP contribution in [-0.4, -0.2) is 26.1 Å². The SMILES string of the molecule is COc1ccc(C2CCOCC2)cc1C(C)=O. The molecule has 1 fully saturated rings. The lowest BCUT2D eigenvalue weighted by molar-refractivity contribution is 0.0853. The van der Waals surface area contributed by atoms with Crippen LogP contribution in [0, 0.1) is 0 Å². The number of hydrogen-bond acceptors (Lipinski definition) is 3. The summed E-state index contributed by atoms with van der Waals surface area (Å²) >= 11 is 0. The van der Waals surface area contributed by atoms with E-state index in [1.165, 1.54) is 5.56 Å². The summed E-state index contributed by atoms with van der Waals surface area (Å²) in [6.07, 6.45) is 2.06. The van der Waals surface area contributed by atoms with Crippen molar-refractivity contribution in [3.05, 3.63) is 29.3 Å². The van der Waals surface area contributed by atoms with E-state index >= 15 is 0 Å². The molecule has 17 heavy (non-hydrogen) atoms. The molecule has 1 saturated heterocycles. The molecule has 1 aliphatic rings. The Morgan fingerprint density at radius 3 is 2.65 bits per heavy atom. The van der Waals surface area contributed by atoms with E-state index in [1.807, 2.05) is 12.1 Å². The monoisotopic (exact) mass is 234 g/mol. The Balaban J connectivity index is 2.29. The average molecular weight is 234 g/mol. The predicted molar refractivity (Wildman–Crippen MR) is 65.8 cm³/mol. The van der Waals surface area contributed by atoms with Crippen molar-refractivity contribution < 1.29 is 14.3 Å². The van der Waals surface area contributed by atoms with Crippen molar-refractivity contribution in [3.8, 4) is 5.75 Å². The van der Waals surface area contributed by atoms with Gasteiger partial charge in [0.25, 0.3) is 0 Å². The number of ether oxygens (including phenoxy) is 2. The Bertz CT molecular complexity index is 406. The molecule has 1 aromatic carbocycles. The predicted octanol–water partition coefficient (Wildman–Crippen LogP) is 2.79. The number of hydrogen-bond donors (Lipinski definition) is 0. The van der Waals surface area contributed by atoms with Crippen LogP contribution in [0.2, 0.25) is 0 Å². The molecule has 0 unspecified atom stereocenters. The minimum Gasteiger partial charge on any atom is -0.496 e. The number of rotatable bonds is 3. The van der Waals surface area contributed by atoms with E-state index in [0.717, 1.165) is 26.1 Å². The fourth-order valence-electron chi connectivity index (χ4n) is 2.29. The van der Waals surface area contributed by atoms with Crippen LogP contribution in [0.3, 0.4) is 0 Å². The van der Waals surface area contributed by atoms with E-state index in [1.54, 1.807) is 14.0 Å². The lowest BCUT2D eigenvalue weighted by Gasteiger charge is -2.23. The minimum atomic E-state index is 0.0516. The molecule has 0 amide bonds. The highest BCUT2D eigenvalue weighted by Gasteiger charge is 2.18. The third-order valence-electron chi connectivity index (χ3n) is 3.30. The van der Waals surface area contributed by atoms with E-state index in [0.29, 0.717) is 17.2 Å². The fourth-order valence-corrected chi connectivity index (χ4v) is 2.29. The van der Waals surface area contributed by atoms with Gasteiger partial charge in [0, 0.05) is 13.2 Å². The van der Waals surface area contributed by atoms with Crippen LogP contribution in [0.1, 0.15) is 41.6 Å². The summed E-state index contributed by atoms with van der Waals surface area (Å²) in [5.41, 5.74) is 1.90. The van der Waals surface area contributed by atoms with Crippen molar-refractivity contribution in [2.45, 2.75) is 25.7 Å². The van der Waals surface area contributed by atoms with Crippen LogP contribution in [0.5, 0.6) is 5.75 Å². The van der Waals surface area contributed by atoms with E-state index in [9.17, 15) is 4.79 Å². The Labute approximate surface area is 102 Å². The Morgan fingerprint density at radius 2 is 2.06 bits per heavy atom. The second-order valence-corrected chi connectivity index (χ2v) is 4.40. The number of Topliss-reactive ketones (excluding diaryl/α,β-unsaturated/α-hetero) is 1. The van der Waals surface area contributed by atoms with Crippen molar-refractivity contribution in [2.24, 2.45) is 0 Å². The zero-order valence-corrected chi connectivity index (χ0v) is 10.4. The number of benzene rings is 1. The molecular formula is C14H18O3. The van der Waals surface area contributed by atoms with Crippen molar-refractivity contribution in [2.75, 3.05) is 20.3 Å². The topological polar surface area (TPSA) is 35.5 Å². The molecule has 0 saturated carbocycles.